The van der Waals surface area contributed by atoms with Gasteiger partial charge in [0, 0.05) is 17.0 Å². The number of nitrogens with zero attached hydrogens (tertiary/aromatic N) is 1. The number of aliphatic hydroxyl groups excluding tert-OH is 1. The summed E-state index contributed by atoms with van der Waals surface area (Å²) < 4.78 is 19.2. The lowest BCUT2D eigenvalue weighted by atomic mass is 10.2. The molecule has 0 saturated heterocycles. The molecule has 0 amide bonds. The van der Waals surface area contributed by atoms with Gasteiger partial charge >= 0.3 is 15.9 Å². The van der Waals surface area contributed by atoms with Crippen molar-refractivity contribution in [1.82, 2.24) is 4.98 Å². The van der Waals surface area contributed by atoms with Crippen molar-refractivity contribution in [3.63, 3.8) is 0 Å². The fourth-order valence-corrected chi connectivity index (χ4v) is 1.57. The second-order valence-corrected chi connectivity index (χ2v) is 5.10. The lowest BCUT2D eigenvalue weighted by Crippen LogP contribution is -2.04. The minimum atomic E-state index is -4.17. The molecule has 1 aromatic rings. The molecule has 0 aliphatic rings. The van der Waals surface area contributed by atoms with Crippen molar-refractivity contribution >= 4 is 15.9 Å². The van der Waals surface area contributed by atoms with Gasteiger partial charge in [0.2, 0.25) is 0 Å². The van der Waals surface area contributed by atoms with Crippen molar-refractivity contribution in [2.75, 3.05) is 6.16 Å². The van der Waals surface area contributed by atoms with E-state index >= 15 is 0 Å². The molecular formula is C7H12NO7P2+. The molecule has 1 unspecified atom stereocenters. The Morgan fingerprint density at radius 3 is 2.29 bits per heavy atom. The minimum Gasteiger partial charge on any atom is -0.388 e. The minimum absolute atomic E-state index is 0.408. The van der Waals surface area contributed by atoms with Crippen LogP contribution in [0.4, 0.5) is 0 Å². The lowest BCUT2D eigenvalue weighted by molar-refractivity contribution is 0.192. The summed E-state index contributed by atoms with van der Waals surface area (Å²) in [7, 11) is -7.04. The Kier molecular flexibility index (Phi) is 7.26. The predicted octanol–water partition coefficient (Wildman–Crippen LogP) is -0.0789. The maximum Gasteiger partial charge on any atom is 0.692 e. The smallest absolute Gasteiger partial charge is 0.388 e. The van der Waals surface area contributed by atoms with Crippen molar-refractivity contribution in [2.24, 2.45) is 0 Å². The first-order valence-corrected chi connectivity index (χ1v) is 7.16. The van der Waals surface area contributed by atoms with Crippen LogP contribution in [0.1, 0.15) is 11.7 Å². The first kappa shape index (κ1) is 16.3. The maximum absolute atomic E-state index is 10.5. The molecule has 5 N–H and O–H groups in total. The van der Waals surface area contributed by atoms with Crippen LogP contribution >= 0.6 is 15.9 Å². The second kappa shape index (κ2) is 7.58. The molecule has 17 heavy (non-hydrogen) atoms. The highest BCUT2D eigenvalue weighted by atomic mass is 31.2. The van der Waals surface area contributed by atoms with Gasteiger partial charge in [0.05, 0.1) is 12.3 Å². The van der Waals surface area contributed by atoms with Gasteiger partial charge in [-0.15, -0.1) is 9.79 Å². The summed E-state index contributed by atoms with van der Waals surface area (Å²) in [6.07, 6.45) is 1.17. The number of hydrogen-bond donors (Lipinski definition) is 5. The summed E-state index contributed by atoms with van der Waals surface area (Å²) in [5, 5.41) is 9.32. The van der Waals surface area contributed by atoms with Gasteiger partial charge in [-0.25, -0.2) is 0 Å². The van der Waals surface area contributed by atoms with E-state index in [0.717, 1.165) is 0 Å². The number of rotatable bonds is 3. The molecule has 96 valence electrons. The van der Waals surface area contributed by atoms with E-state index in [0.29, 0.717) is 5.56 Å². The Hall–Kier alpha value is -0.720. The van der Waals surface area contributed by atoms with Crippen molar-refractivity contribution in [3.8, 4) is 0 Å². The zero-order valence-corrected chi connectivity index (χ0v) is 10.3. The molecule has 8 nitrogen and oxygen atoms in total. The molecule has 0 aliphatic carbocycles. The molecule has 1 heterocycles. The van der Waals surface area contributed by atoms with Gasteiger partial charge < -0.3 is 14.9 Å². The van der Waals surface area contributed by atoms with E-state index in [4.69, 9.17) is 24.1 Å². The summed E-state index contributed by atoms with van der Waals surface area (Å²) >= 11 is 0. The van der Waals surface area contributed by atoms with Crippen molar-refractivity contribution < 1.29 is 33.8 Å². The van der Waals surface area contributed by atoms with Gasteiger partial charge in [-0.1, -0.05) is 6.07 Å². The summed E-state index contributed by atoms with van der Waals surface area (Å²) in [4.78, 5) is 35.1. The third-order valence-corrected chi connectivity index (χ3v) is 2.30. The van der Waals surface area contributed by atoms with E-state index in [1.54, 1.807) is 12.1 Å². The zero-order valence-electron chi connectivity index (χ0n) is 8.49. The molecule has 1 atom stereocenters. The summed E-state index contributed by atoms with van der Waals surface area (Å²) in [6.45, 7) is 0. The van der Waals surface area contributed by atoms with Crippen LogP contribution in [0.5, 0.6) is 0 Å². The van der Waals surface area contributed by atoms with Crippen LogP contribution in [0.25, 0.3) is 0 Å². The van der Waals surface area contributed by atoms with E-state index in [-0.39, 0.29) is 0 Å². The Morgan fingerprint density at radius 1 is 1.41 bits per heavy atom. The Labute approximate surface area is 97.7 Å². The largest absolute Gasteiger partial charge is 0.692 e. The summed E-state index contributed by atoms with van der Waals surface area (Å²) in [6, 6.07) is 3.16. The molecule has 0 saturated carbocycles. The lowest BCUT2D eigenvalue weighted by Gasteiger charge is -2.10. The van der Waals surface area contributed by atoms with Gasteiger partial charge in [-0.2, -0.15) is 0 Å². The van der Waals surface area contributed by atoms with Crippen molar-refractivity contribution in [1.29, 1.82) is 0 Å². The van der Waals surface area contributed by atoms with Gasteiger partial charge in [-0.3, -0.25) is 9.55 Å². The van der Waals surface area contributed by atoms with E-state index in [9.17, 15) is 9.67 Å². The SMILES string of the molecule is O=P(O)(O)CC(O)c1cccnc1.O=[P+](O)O. The van der Waals surface area contributed by atoms with Crippen LogP contribution < -0.4 is 0 Å². The number of aromatic nitrogens is 1. The average Bonchev–Trinajstić information content (AvgIpc) is 2.15. The predicted molar refractivity (Wildman–Crippen MR) is 58.2 cm³/mol. The molecule has 0 fully saturated rings. The molecule has 1 aromatic heterocycles. The van der Waals surface area contributed by atoms with Gasteiger partial charge in [0.1, 0.15) is 0 Å². The number of hydrogen-bond acceptors (Lipinski definition) is 4. The Morgan fingerprint density at radius 2 is 1.94 bits per heavy atom. The highest BCUT2D eigenvalue weighted by Crippen LogP contribution is 2.38. The number of pyridine rings is 1. The number of aliphatic hydroxyl groups is 1. The molecule has 0 spiro atoms. The average molecular weight is 284 g/mol. The zero-order chi connectivity index (χ0) is 13.5. The van der Waals surface area contributed by atoms with Crippen molar-refractivity contribution in [2.45, 2.75) is 6.10 Å². The van der Waals surface area contributed by atoms with Crippen LogP contribution in [0, 0.1) is 0 Å². The molecule has 0 aliphatic heterocycles. The molecular weight excluding hydrogens is 272 g/mol. The molecule has 0 aromatic carbocycles. The van der Waals surface area contributed by atoms with Gasteiger partial charge in [0.25, 0.3) is 0 Å². The topological polar surface area (TPSA) is 148 Å². The normalized spacial score (nSPS) is 12.3. The quantitative estimate of drug-likeness (QED) is 0.484. The van der Waals surface area contributed by atoms with Crippen LogP contribution in [0.3, 0.4) is 0 Å². The highest BCUT2D eigenvalue weighted by molar-refractivity contribution is 7.51. The van der Waals surface area contributed by atoms with Crippen LogP contribution in [-0.2, 0) is 9.13 Å². The standard InChI is InChI=1S/C7H10NO4P.HO3P/c9-7(5-13(10,11)12)6-2-1-3-8-4-6;1-4(2)3/h1-4,7,9H,5H2,(H2,10,11,12);(H-,1,2,3)/p+1. The van der Waals surface area contributed by atoms with Gasteiger partial charge in [0.15, 0.2) is 0 Å². The van der Waals surface area contributed by atoms with E-state index in [1.807, 2.05) is 0 Å². The summed E-state index contributed by atoms with van der Waals surface area (Å²) in [5.74, 6) is 0. The Balaban J connectivity index is 0.000000557. The van der Waals surface area contributed by atoms with Crippen LogP contribution in [0.15, 0.2) is 24.5 Å². The van der Waals surface area contributed by atoms with Crippen LogP contribution in [-0.4, -0.2) is 35.8 Å². The maximum atomic E-state index is 10.5. The third kappa shape index (κ3) is 10.2. The van der Waals surface area contributed by atoms with E-state index in [1.165, 1.54) is 12.4 Å². The fraction of sp³-hybridized carbons (Fsp3) is 0.286. The summed E-state index contributed by atoms with van der Waals surface area (Å²) in [5.41, 5.74) is 0.408. The second-order valence-electron chi connectivity index (χ2n) is 2.90. The molecule has 0 bridgehead atoms. The molecule has 0 radical (unpaired) electrons. The monoisotopic (exact) mass is 284 g/mol. The highest BCUT2D eigenvalue weighted by Gasteiger charge is 2.20. The molecule has 10 heteroatoms. The Bertz CT molecular complexity index is 388. The van der Waals surface area contributed by atoms with Crippen LogP contribution in [0.2, 0.25) is 0 Å². The third-order valence-electron chi connectivity index (χ3n) is 1.48. The van der Waals surface area contributed by atoms with Crippen molar-refractivity contribution in [3.05, 3.63) is 30.1 Å². The molecule has 1 rings (SSSR count). The first-order chi connectivity index (χ1) is 7.72. The van der Waals surface area contributed by atoms with E-state index in [2.05, 4.69) is 4.98 Å². The first-order valence-electron chi connectivity index (χ1n) is 4.20. The fourth-order valence-electron chi connectivity index (χ4n) is 0.904. The van der Waals surface area contributed by atoms with E-state index < -0.39 is 28.1 Å². The van der Waals surface area contributed by atoms with Gasteiger partial charge in [-0.05, 0) is 11.6 Å².